The second kappa shape index (κ2) is 12.6. The van der Waals surface area contributed by atoms with Crippen molar-refractivity contribution in [2.24, 2.45) is 0 Å². The van der Waals surface area contributed by atoms with Crippen molar-refractivity contribution in [3.05, 3.63) is 20.8 Å². The molecule has 1 heterocycles. The van der Waals surface area contributed by atoms with Gasteiger partial charge in [-0.1, -0.05) is 39.0 Å². The Balaban J connectivity index is 1.90. The maximum Gasteiger partial charge on any atom is 0.0897 e. The molecule has 1 aromatic rings. The van der Waals surface area contributed by atoms with Crippen molar-refractivity contribution in [1.29, 1.82) is 0 Å². The van der Waals surface area contributed by atoms with Crippen LogP contribution in [0.25, 0.3) is 0 Å². The number of halogens is 1. The number of thiophene rings is 1. The fraction of sp³-hybridized carbons (Fsp3) is 0.750. The molecular weight excluding hydrogens is 350 g/mol. The molecule has 0 aliphatic rings. The van der Waals surface area contributed by atoms with Crippen molar-refractivity contribution < 1.29 is 9.84 Å². The van der Waals surface area contributed by atoms with E-state index in [1.54, 1.807) is 11.3 Å². The number of hydrogen-bond donors (Lipinski definition) is 2. The van der Waals surface area contributed by atoms with Crippen LogP contribution >= 0.6 is 27.3 Å². The average Bonchev–Trinajstić information content (AvgIpc) is 2.87. The Morgan fingerprint density at radius 1 is 1.29 bits per heavy atom. The lowest BCUT2D eigenvalue weighted by Gasteiger charge is -2.12. The van der Waals surface area contributed by atoms with Gasteiger partial charge in [-0.25, -0.2) is 0 Å². The van der Waals surface area contributed by atoms with Crippen LogP contribution in [0.5, 0.6) is 0 Å². The minimum Gasteiger partial charge on any atom is -0.389 e. The van der Waals surface area contributed by atoms with Crippen molar-refractivity contribution >= 4 is 27.3 Å². The molecule has 0 aliphatic heterocycles. The van der Waals surface area contributed by atoms with Crippen LogP contribution in [-0.2, 0) is 11.3 Å². The fourth-order valence-corrected chi connectivity index (χ4v) is 3.53. The minimum absolute atomic E-state index is 0.424. The van der Waals surface area contributed by atoms with Crippen molar-refractivity contribution in [3.63, 3.8) is 0 Å². The average molecular weight is 378 g/mol. The Bertz CT molecular complexity index is 360. The molecule has 2 N–H and O–H groups in total. The molecule has 1 atom stereocenters. The summed E-state index contributed by atoms with van der Waals surface area (Å²) in [6.45, 7) is 4.77. The van der Waals surface area contributed by atoms with Crippen molar-refractivity contribution in [3.8, 4) is 0 Å². The molecule has 21 heavy (non-hydrogen) atoms. The molecule has 3 nitrogen and oxygen atoms in total. The molecule has 1 rings (SSSR count). The summed E-state index contributed by atoms with van der Waals surface area (Å²) >= 11 is 5.21. The highest BCUT2D eigenvalue weighted by Gasteiger charge is 2.05. The summed E-state index contributed by atoms with van der Waals surface area (Å²) in [6, 6.07) is 2.04. The van der Waals surface area contributed by atoms with E-state index in [0.717, 1.165) is 24.0 Å². The number of rotatable bonds is 13. The van der Waals surface area contributed by atoms with E-state index in [2.05, 4.69) is 33.6 Å². The zero-order chi connectivity index (χ0) is 15.3. The van der Waals surface area contributed by atoms with E-state index in [-0.39, 0.29) is 0 Å². The highest BCUT2D eigenvalue weighted by Crippen LogP contribution is 2.21. The smallest absolute Gasteiger partial charge is 0.0897 e. The van der Waals surface area contributed by atoms with E-state index in [1.165, 1.54) is 37.0 Å². The lowest BCUT2D eigenvalue weighted by atomic mass is 10.1. The molecule has 0 saturated carbocycles. The summed E-state index contributed by atoms with van der Waals surface area (Å²) in [5.74, 6) is 0. The van der Waals surface area contributed by atoms with Gasteiger partial charge in [0.05, 0.1) is 12.7 Å². The molecule has 5 heteroatoms. The van der Waals surface area contributed by atoms with E-state index in [9.17, 15) is 5.11 Å². The van der Waals surface area contributed by atoms with Gasteiger partial charge in [0.2, 0.25) is 0 Å². The molecule has 1 aromatic heterocycles. The van der Waals surface area contributed by atoms with Crippen LogP contribution in [0.4, 0.5) is 0 Å². The largest absolute Gasteiger partial charge is 0.389 e. The number of nitrogens with one attached hydrogen (secondary N) is 1. The summed E-state index contributed by atoms with van der Waals surface area (Å²) < 4.78 is 6.65. The number of hydrogen-bond acceptors (Lipinski definition) is 4. The third kappa shape index (κ3) is 9.63. The van der Waals surface area contributed by atoms with E-state index in [4.69, 9.17) is 4.74 Å². The first kappa shape index (κ1) is 19.1. The number of aliphatic hydroxyl groups excluding tert-OH is 1. The zero-order valence-electron chi connectivity index (χ0n) is 12.9. The Kier molecular flexibility index (Phi) is 11.5. The van der Waals surface area contributed by atoms with Crippen LogP contribution in [0.15, 0.2) is 15.9 Å². The monoisotopic (exact) mass is 377 g/mol. The van der Waals surface area contributed by atoms with Crippen LogP contribution in [0.3, 0.4) is 0 Å². The second-order valence-electron chi connectivity index (χ2n) is 5.32. The lowest BCUT2D eigenvalue weighted by Crippen LogP contribution is -2.30. The molecular formula is C16H28BrNO2S. The maximum atomic E-state index is 9.82. The Labute approximate surface area is 141 Å². The van der Waals surface area contributed by atoms with Crippen molar-refractivity contribution in [2.45, 2.75) is 58.1 Å². The molecule has 0 spiro atoms. The standard InChI is InChI=1S/C16H28BrNO2S/c1-2-3-4-5-6-7-9-20-13-14(19)11-18-12-16-15(17)8-10-21-16/h8,10,14,18-19H,2-7,9,11-13H2,1H3. The van der Waals surface area contributed by atoms with Crippen LogP contribution in [0, 0.1) is 0 Å². The fourth-order valence-electron chi connectivity index (χ4n) is 2.07. The van der Waals surface area contributed by atoms with Gasteiger partial charge >= 0.3 is 0 Å². The molecule has 0 aromatic carbocycles. The van der Waals surface area contributed by atoms with Crippen LogP contribution in [-0.4, -0.2) is 31.0 Å². The third-order valence-corrected chi connectivity index (χ3v) is 5.24. The van der Waals surface area contributed by atoms with Crippen LogP contribution in [0.2, 0.25) is 0 Å². The van der Waals surface area contributed by atoms with Gasteiger partial charge in [0.1, 0.15) is 0 Å². The highest BCUT2D eigenvalue weighted by atomic mass is 79.9. The van der Waals surface area contributed by atoms with E-state index >= 15 is 0 Å². The molecule has 0 radical (unpaired) electrons. The zero-order valence-corrected chi connectivity index (χ0v) is 15.3. The lowest BCUT2D eigenvalue weighted by molar-refractivity contribution is 0.0353. The quantitative estimate of drug-likeness (QED) is 0.502. The van der Waals surface area contributed by atoms with Gasteiger partial charge in [0.15, 0.2) is 0 Å². The normalized spacial score (nSPS) is 12.7. The first-order chi connectivity index (χ1) is 10.2. The maximum absolute atomic E-state index is 9.82. The predicted octanol–water partition coefficient (Wildman–Crippen LogP) is 4.34. The molecule has 0 aliphatic carbocycles. The Hall–Kier alpha value is 0.0600. The van der Waals surface area contributed by atoms with Crippen molar-refractivity contribution in [2.75, 3.05) is 19.8 Å². The molecule has 0 amide bonds. The number of aliphatic hydroxyl groups is 1. The third-order valence-electron chi connectivity index (χ3n) is 3.31. The summed E-state index contributed by atoms with van der Waals surface area (Å²) in [5, 5.41) is 15.1. The van der Waals surface area contributed by atoms with Crippen molar-refractivity contribution in [1.82, 2.24) is 5.32 Å². The summed E-state index contributed by atoms with van der Waals surface area (Å²) in [5.41, 5.74) is 0. The molecule has 0 fully saturated rings. The summed E-state index contributed by atoms with van der Waals surface area (Å²) in [7, 11) is 0. The Morgan fingerprint density at radius 3 is 2.76 bits per heavy atom. The van der Waals surface area contributed by atoms with E-state index < -0.39 is 6.10 Å². The van der Waals surface area contributed by atoms with Gasteiger partial charge in [-0.3, -0.25) is 0 Å². The summed E-state index contributed by atoms with van der Waals surface area (Å²) in [6.07, 6.45) is 7.18. The number of ether oxygens (including phenoxy) is 1. The van der Waals surface area contributed by atoms with Gasteiger partial charge < -0.3 is 15.2 Å². The SMILES string of the molecule is CCCCCCCCOCC(O)CNCc1sccc1Br. The molecule has 1 unspecified atom stereocenters. The van der Waals surface area contributed by atoms with Gasteiger partial charge in [-0.05, 0) is 33.8 Å². The second-order valence-corrected chi connectivity index (χ2v) is 7.17. The van der Waals surface area contributed by atoms with Gasteiger partial charge in [-0.2, -0.15) is 0 Å². The highest BCUT2D eigenvalue weighted by molar-refractivity contribution is 9.10. The molecule has 0 saturated heterocycles. The molecule has 0 bridgehead atoms. The first-order valence-electron chi connectivity index (χ1n) is 7.92. The van der Waals surface area contributed by atoms with E-state index in [0.29, 0.717) is 13.2 Å². The topological polar surface area (TPSA) is 41.5 Å². The predicted molar refractivity (Wildman–Crippen MR) is 93.9 cm³/mol. The summed E-state index contributed by atoms with van der Waals surface area (Å²) in [4.78, 5) is 1.26. The van der Waals surface area contributed by atoms with E-state index in [1.807, 2.05) is 6.07 Å². The van der Waals surface area contributed by atoms with Gasteiger partial charge in [0, 0.05) is 29.0 Å². The van der Waals surface area contributed by atoms with Gasteiger partial charge in [-0.15, -0.1) is 11.3 Å². The van der Waals surface area contributed by atoms with Gasteiger partial charge in [0.25, 0.3) is 0 Å². The van der Waals surface area contributed by atoms with Crippen LogP contribution < -0.4 is 5.32 Å². The first-order valence-corrected chi connectivity index (χ1v) is 9.59. The van der Waals surface area contributed by atoms with Crippen LogP contribution in [0.1, 0.15) is 50.3 Å². The number of unbranched alkanes of at least 4 members (excludes halogenated alkanes) is 5. The Morgan fingerprint density at radius 2 is 2.05 bits per heavy atom. The minimum atomic E-state index is -0.427. The molecule has 122 valence electrons.